The van der Waals surface area contributed by atoms with Gasteiger partial charge in [0.25, 0.3) is 5.91 Å². The van der Waals surface area contributed by atoms with Gasteiger partial charge >= 0.3 is 5.97 Å². The monoisotopic (exact) mass is 247 g/mol. The standard InChI is InChI=1S/C14H17NO3/c1-2-10-7-8-15(9-10)13(16)11-3-5-12(6-4-11)14(17)18/h3-6,10H,2,7-9H2,1H3,(H,17,18). The number of hydrogen-bond acceptors (Lipinski definition) is 2. The molecule has 0 radical (unpaired) electrons. The SMILES string of the molecule is CCC1CCN(C(=O)c2ccc(C(=O)O)cc2)C1. The first-order chi connectivity index (χ1) is 8.61. The molecule has 1 aromatic carbocycles. The minimum absolute atomic E-state index is 0.00267. The summed E-state index contributed by atoms with van der Waals surface area (Å²) in [4.78, 5) is 24.7. The fourth-order valence-electron chi connectivity index (χ4n) is 2.29. The van der Waals surface area contributed by atoms with Gasteiger partial charge in [0.05, 0.1) is 5.56 Å². The van der Waals surface area contributed by atoms with E-state index in [0.29, 0.717) is 11.5 Å². The van der Waals surface area contributed by atoms with Crippen molar-refractivity contribution < 1.29 is 14.7 Å². The van der Waals surface area contributed by atoms with Gasteiger partial charge in [-0.05, 0) is 36.6 Å². The molecular weight excluding hydrogens is 230 g/mol. The molecule has 1 fully saturated rings. The van der Waals surface area contributed by atoms with Gasteiger partial charge < -0.3 is 10.0 Å². The van der Waals surface area contributed by atoms with Crippen molar-refractivity contribution in [3.8, 4) is 0 Å². The molecule has 1 aliphatic heterocycles. The topological polar surface area (TPSA) is 57.6 Å². The molecule has 0 spiro atoms. The molecule has 1 amide bonds. The minimum atomic E-state index is -0.971. The van der Waals surface area contributed by atoms with Crippen molar-refractivity contribution in [2.45, 2.75) is 19.8 Å². The molecule has 0 aromatic heterocycles. The van der Waals surface area contributed by atoms with Gasteiger partial charge in [-0.2, -0.15) is 0 Å². The molecule has 18 heavy (non-hydrogen) atoms. The Morgan fingerprint density at radius 3 is 2.39 bits per heavy atom. The van der Waals surface area contributed by atoms with E-state index in [2.05, 4.69) is 6.92 Å². The zero-order valence-electron chi connectivity index (χ0n) is 10.4. The molecule has 1 saturated heterocycles. The van der Waals surface area contributed by atoms with Gasteiger partial charge in [-0.15, -0.1) is 0 Å². The van der Waals surface area contributed by atoms with E-state index in [4.69, 9.17) is 5.11 Å². The first-order valence-electron chi connectivity index (χ1n) is 6.24. The second-order valence-corrected chi connectivity index (χ2v) is 4.70. The van der Waals surface area contributed by atoms with Crippen LogP contribution in [0, 0.1) is 5.92 Å². The van der Waals surface area contributed by atoms with Crippen molar-refractivity contribution in [2.75, 3.05) is 13.1 Å². The van der Waals surface area contributed by atoms with Crippen LogP contribution >= 0.6 is 0 Å². The number of rotatable bonds is 3. The number of benzene rings is 1. The molecule has 0 saturated carbocycles. The molecule has 1 heterocycles. The third-order valence-electron chi connectivity index (χ3n) is 3.53. The number of hydrogen-bond donors (Lipinski definition) is 1. The number of aromatic carboxylic acids is 1. The maximum Gasteiger partial charge on any atom is 0.335 e. The average molecular weight is 247 g/mol. The summed E-state index contributed by atoms with van der Waals surface area (Å²) < 4.78 is 0. The van der Waals surface area contributed by atoms with Crippen LogP contribution in [0.1, 0.15) is 40.5 Å². The summed E-state index contributed by atoms with van der Waals surface area (Å²) in [5.74, 6) is -0.364. The van der Waals surface area contributed by atoms with Gasteiger partial charge in [0, 0.05) is 18.7 Å². The van der Waals surface area contributed by atoms with Crippen LogP contribution in [0.5, 0.6) is 0 Å². The average Bonchev–Trinajstić information content (AvgIpc) is 2.86. The molecule has 2 rings (SSSR count). The highest BCUT2D eigenvalue weighted by Gasteiger charge is 2.25. The van der Waals surface area contributed by atoms with Gasteiger partial charge in [-0.25, -0.2) is 4.79 Å². The predicted octanol–water partition coefficient (Wildman–Crippen LogP) is 2.26. The molecule has 0 bridgehead atoms. The van der Waals surface area contributed by atoms with Crippen LogP contribution < -0.4 is 0 Å². The third kappa shape index (κ3) is 2.53. The summed E-state index contributed by atoms with van der Waals surface area (Å²) in [5, 5.41) is 8.80. The Kier molecular flexibility index (Phi) is 3.65. The lowest BCUT2D eigenvalue weighted by Crippen LogP contribution is -2.28. The normalized spacial score (nSPS) is 18.9. The summed E-state index contributed by atoms with van der Waals surface area (Å²) in [6.45, 7) is 3.76. The smallest absolute Gasteiger partial charge is 0.335 e. The Morgan fingerprint density at radius 1 is 1.28 bits per heavy atom. The Morgan fingerprint density at radius 2 is 1.89 bits per heavy atom. The number of carboxylic acids is 1. The summed E-state index contributed by atoms with van der Waals surface area (Å²) >= 11 is 0. The fraction of sp³-hybridized carbons (Fsp3) is 0.429. The predicted molar refractivity (Wildman–Crippen MR) is 67.7 cm³/mol. The van der Waals surface area contributed by atoms with E-state index in [0.717, 1.165) is 25.9 Å². The molecule has 4 heteroatoms. The molecule has 1 unspecified atom stereocenters. The van der Waals surface area contributed by atoms with Crippen LogP contribution in [0.3, 0.4) is 0 Å². The molecule has 0 aliphatic carbocycles. The molecule has 4 nitrogen and oxygen atoms in total. The second-order valence-electron chi connectivity index (χ2n) is 4.70. The fourth-order valence-corrected chi connectivity index (χ4v) is 2.29. The van der Waals surface area contributed by atoms with Crippen LogP contribution in [0.4, 0.5) is 0 Å². The van der Waals surface area contributed by atoms with Crippen LogP contribution in [-0.4, -0.2) is 35.0 Å². The second kappa shape index (κ2) is 5.21. The maximum absolute atomic E-state index is 12.2. The summed E-state index contributed by atoms with van der Waals surface area (Å²) in [6.07, 6.45) is 2.16. The molecule has 1 aromatic rings. The quantitative estimate of drug-likeness (QED) is 0.891. The Bertz CT molecular complexity index is 453. The minimum Gasteiger partial charge on any atom is -0.478 e. The van der Waals surface area contributed by atoms with Gasteiger partial charge in [0.2, 0.25) is 0 Å². The van der Waals surface area contributed by atoms with Crippen LogP contribution in [0.2, 0.25) is 0 Å². The summed E-state index contributed by atoms with van der Waals surface area (Å²) in [5.41, 5.74) is 0.774. The van der Waals surface area contributed by atoms with E-state index in [-0.39, 0.29) is 11.5 Å². The summed E-state index contributed by atoms with van der Waals surface area (Å²) in [7, 11) is 0. The molecule has 96 valence electrons. The van der Waals surface area contributed by atoms with Crippen molar-refractivity contribution in [1.82, 2.24) is 4.90 Å². The highest BCUT2D eigenvalue weighted by atomic mass is 16.4. The highest BCUT2D eigenvalue weighted by Crippen LogP contribution is 2.21. The van der Waals surface area contributed by atoms with E-state index in [1.54, 1.807) is 12.1 Å². The third-order valence-corrected chi connectivity index (χ3v) is 3.53. The van der Waals surface area contributed by atoms with E-state index < -0.39 is 5.97 Å². The zero-order valence-corrected chi connectivity index (χ0v) is 10.4. The lowest BCUT2D eigenvalue weighted by atomic mass is 10.1. The van der Waals surface area contributed by atoms with Gasteiger partial charge in [-0.1, -0.05) is 13.3 Å². The lowest BCUT2D eigenvalue weighted by Gasteiger charge is -2.16. The largest absolute Gasteiger partial charge is 0.478 e. The number of likely N-dealkylation sites (tertiary alicyclic amines) is 1. The first-order valence-corrected chi connectivity index (χ1v) is 6.24. The lowest BCUT2D eigenvalue weighted by molar-refractivity contribution is 0.0695. The maximum atomic E-state index is 12.2. The number of amides is 1. The van der Waals surface area contributed by atoms with Crippen molar-refractivity contribution in [3.63, 3.8) is 0 Å². The first kappa shape index (κ1) is 12.6. The van der Waals surface area contributed by atoms with Gasteiger partial charge in [0.1, 0.15) is 0 Å². The van der Waals surface area contributed by atoms with Gasteiger partial charge in [0.15, 0.2) is 0 Å². The Hall–Kier alpha value is -1.84. The number of carbonyl (C=O) groups is 2. The molecule has 1 aliphatic rings. The van der Waals surface area contributed by atoms with Crippen molar-refractivity contribution in [1.29, 1.82) is 0 Å². The number of carbonyl (C=O) groups excluding carboxylic acids is 1. The van der Waals surface area contributed by atoms with Crippen molar-refractivity contribution in [3.05, 3.63) is 35.4 Å². The Balaban J connectivity index is 2.07. The number of carboxylic acid groups (broad SMARTS) is 1. The Labute approximate surface area is 106 Å². The van der Waals surface area contributed by atoms with E-state index in [9.17, 15) is 9.59 Å². The van der Waals surface area contributed by atoms with Crippen LogP contribution in [-0.2, 0) is 0 Å². The van der Waals surface area contributed by atoms with Crippen LogP contribution in [0.25, 0.3) is 0 Å². The highest BCUT2D eigenvalue weighted by molar-refractivity contribution is 5.96. The number of nitrogens with zero attached hydrogens (tertiary/aromatic N) is 1. The van der Waals surface area contributed by atoms with Crippen LogP contribution in [0.15, 0.2) is 24.3 Å². The zero-order chi connectivity index (χ0) is 13.1. The molecule has 1 N–H and O–H groups in total. The summed E-state index contributed by atoms with van der Waals surface area (Å²) in [6, 6.07) is 6.13. The van der Waals surface area contributed by atoms with E-state index in [1.807, 2.05) is 4.90 Å². The molecular formula is C14H17NO3. The van der Waals surface area contributed by atoms with E-state index in [1.165, 1.54) is 12.1 Å². The van der Waals surface area contributed by atoms with Crippen molar-refractivity contribution >= 4 is 11.9 Å². The molecule has 1 atom stereocenters. The van der Waals surface area contributed by atoms with E-state index >= 15 is 0 Å². The van der Waals surface area contributed by atoms with Gasteiger partial charge in [-0.3, -0.25) is 4.79 Å². The van der Waals surface area contributed by atoms with Crippen molar-refractivity contribution in [2.24, 2.45) is 5.92 Å².